The van der Waals surface area contributed by atoms with Gasteiger partial charge in [-0.05, 0) is 30.9 Å². The van der Waals surface area contributed by atoms with Gasteiger partial charge in [0, 0.05) is 19.5 Å². The predicted octanol–water partition coefficient (Wildman–Crippen LogP) is 2.83. The first-order chi connectivity index (χ1) is 8.35. The van der Waals surface area contributed by atoms with Gasteiger partial charge >= 0.3 is 0 Å². The monoisotopic (exact) mass is 230 g/mol. The highest BCUT2D eigenvalue weighted by Gasteiger charge is 2.21. The maximum atomic E-state index is 8.78. The third kappa shape index (κ3) is 2.71. The minimum absolute atomic E-state index is 0.499. The van der Waals surface area contributed by atoms with Crippen molar-refractivity contribution in [3.63, 3.8) is 0 Å². The SMILES string of the molecule is COc1ccccc1N1CCCC(CC#N)C1. The number of benzene rings is 1. The van der Waals surface area contributed by atoms with Crippen LogP contribution in [0.3, 0.4) is 0 Å². The Morgan fingerprint density at radius 1 is 1.47 bits per heavy atom. The fourth-order valence-corrected chi connectivity index (χ4v) is 2.47. The number of piperidine rings is 1. The van der Waals surface area contributed by atoms with Gasteiger partial charge < -0.3 is 9.64 Å². The van der Waals surface area contributed by atoms with Gasteiger partial charge in [0.1, 0.15) is 5.75 Å². The molecular formula is C14H18N2O. The predicted molar refractivity (Wildman–Crippen MR) is 68.2 cm³/mol. The van der Waals surface area contributed by atoms with Crippen LogP contribution < -0.4 is 9.64 Å². The topological polar surface area (TPSA) is 36.3 Å². The van der Waals surface area contributed by atoms with Crippen molar-refractivity contribution in [1.82, 2.24) is 0 Å². The first-order valence-corrected chi connectivity index (χ1v) is 6.10. The molecule has 1 aromatic carbocycles. The van der Waals surface area contributed by atoms with E-state index in [9.17, 15) is 0 Å². The van der Waals surface area contributed by atoms with Crippen molar-refractivity contribution in [1.29, 1.82) is 5.26 Å². The second kappa shape index (κ2) is 5.58. The van der Waals surface area contributed by atoms with Crippen LogP contribution in [0.2, 0.25) is 0 Å². The summed E-state index contributed by atoms with van der Waals surface area (Å²) >= 11 is 0. The van der Waals surface area contributed by atoms with E-state index in [1.165, 1.54) is 6.42 Å². The Morgan fingerprint density at radius 3 is 3.06 bits per heavy atom. The number of ether oxygens (including phenoxy) is 1. The maximum absolute atomic E-state index is 8.78. The van der Waals surface area contributed by atoms with Gasteiger partial charge in [-0.3, -0.25) is 0 Å². The first-order valence-electron chi connectivity index (χ1n) is 6.10. The lowest BCUT2D eigenvalue weighted by Gasteiger charge is -2.34. The zero-order valence-electron chi connectivity index (χ0n) is 10.2. The molecule has 0 aromatic heterocycles. The third-order valence-electron chi connectivity index (χ3n) is 3.32. The Balaban J connectivity index is 2.13. The van der Waals surface area contributed by atoms with Crippen LogP contribution in [0, 0.1) is 17.2 Å². The molecule has 0 bridgehead atoms. The highest BCUT2D eigenvalue weighted by molar-refractivity contribution is 5.58. The van der Waals surface area contributed by atoms with E-state index >= 15 is 0 Å². The average Bonchev–Trinajstić information content (AvgIpc) is 2.39. The normalized spacial score (nSPS) is 19.8. The van der Waals surface area contributed by atoms with E-state index in [2.05, 4.69) is 17.0 Å². The molecule has 0 radical (unpaired) electrons. The van der Waals surface area contributed by atoms with E-state index in [1.807, 2.05) is 18.2 Å². The van der Waals surface area contributed by atoms with Gasteiger partial charge in [-0.25, -0.2) is 0 Å². The first kappa shape index (κ1) is 11.8. The zero-order valence-corrected chi connectivity index (χ0v) is 10.2. The van der Waals surface area contributed by atoms with E-state index in [0.717, 1.165) is 30.9 Å². The Bertz CT molecular complexity index is 411. The Kier molecular flexibility index (Phi) is 3.87. The third-order valence-corrected chi connectivity index (χ3v) is 3.32. The van der Waals surface area contributed by atoms with Gasteiger partial charge in [0.15, 0.2) is 0 Å². The summed E-state index contributed by atoms with van der Waals surface area (Å²) in [5.41, 5.74) is 1.15. The molecule has 0 aliphatic carbocycles. The van der Waals surface area contributed by atoms with Gasteiger partial charge in [0.05, 0.1) is 18.9 Å². The zero-order chi connectivity index (χ0) is 12.1. The summed E-state index contributed by atoms with van der Waals surface area (Å²) < 4.78 is 5.39. The summed E-state index contributed by atoms with van der Waals surface area (Å²) in [7, 11) is 1.70. The van der Waals surface area contributed by atoms with Crippen LogP contribution in [-0.2, 0) is 0 Å². The average molecular weight is 230 g/mol. The van der Waals surface area contributed by atoms with Crippen LogP contribution in [0.15, 0.2) is 24.3 Å². The fourth-order valence-electron chi connectivity index (χ4n) is 2.47. The summed E-state index contributed by atoms with van der Waals surface area (Å²) in [5, 5.41) is 8.78. The second-order valence-electron chi connectivity index (χ2n) is 4.49. The minimum Gasteiger partial charge on any atom is -0.495 e. The van der Waals surface area contributed by atoms with Gasteiger partial charge in [-0.1, -0.05) is 12.1 Å². The van der Waals surface area contributed by atoms with E-state index in [1.54, 1.807) is 7.11 Å². The maximum Gasteiger partial charge on any atom is 0.142 e. The van der Waals surface area contributed by atoms with Gasteiger partial charge in [-0.15, -0.1) is 0 Å². The lowest BCUT2D eigenvalue weighted by molar-refractivity contribution is 0.398. The number of rotatable bonds is 3. The molecular weight excluding hydrogens is 212 g/mol. The van der Waals surface area contributed by atoms with Gasteiger partial charge in [0.25, 0.3) is 0 Å². The molecule has 0 spiro atoms. The number of para-hydroxylation sites is 2. The molecule has 3 nitrogen and oxygen atoms in total. The Hall–Kier alpha value is -1.69. The number of nitrogens with zero attached hydrogens (tertiary/aromatic N) is 2. The van der Waals surface area contributed by atoms with Crippen LogP contribution in [0.1, 0.15) is 19.3 Å². The smallest absolute Gasteiger partial charge is 0.142 e. The molecule has 0 amide bonds. The van der Waals surface area contributed by atoms with Gasteiger partial charge in [0.2, 0.25) is 0 Å². The largest absolute Gasteiger partial charge is 0.495 e. The number of anilines is 1. The van der Waals surface area contributed by atoms with E-state index in [-0.39, 0.29) is 0 Å². The van der Waals surface area contributed by atoms with Crippen molar-refractivity contribution < 1.29 is 4.74 Å². The molecule has 17 heavy (non-hydrogen) atoms. The number of nitriles is 1. The molecule has 1 aromatic rings. The van der Waals surface area contributed by atoms with E-state index < -0.39 is 0 Å². The van der Waals surface area contributed by atoms with Crippen molar-refractivity contribution in [2.75, 3.05) is 25.1 Å². The number of hydrogen-bond acceptors (Lipinski definition) is 3. The Morgan fingerprint density at radius 2 is 2.29 bits per heavy atom. The van der Waals surface area contributed by atoms with Crippen LogP contribution in [0.25, 0.3) is 0 Å². The lowest BCUT2D eigenvalue weighted by atomic mass is 9.95. The van der Waals surface area contributed by atoms with Crippen molar-refractivity contribution in [2.45, 2.75) is 19.3 Å². The van der Waals surface area contributed by atoms with Gasteiger partial charge in [-0.2, -0.15) is 5.26 Å². The van der Waals surface area contributed by atoms with Crippen LogP contribution in [0.4, 0.5) is 5.69 Å². The number of hydrogen-bond donors (Lipinski definition) is 0. The van der Waals surface area contributed by atoms with Crippen molar-refractivity contribution in [3.8, 4) is 11.8 Å². The minimum atomic E-state index is 0.499. The summed E-state index contributed by atoms with van der Waals surface area (Å²) in [5.74, 6) is 1.42. The van der Waals surface area contributed by atoms with E-state index in [0.29, 0.717) is 12.3 Å². The highest BCUT2D eigenvalue weighted by Crippen LogP contribution is 2.31. The highest BCUT2D eigenvalue weighted by atomic mass is 16.5. The molecule has 90 valence electrons. The van der Waals surface area contributed by atoms with Crippen molar-refractivity contribution in [3.05, 3.63) is 24.3 Å². The molecule has 1 atom stereocenters. The van der Waals surface area contributed by atoms with Crippen LogP contribution in [-0.4, -0.2) is 20.2 Å². The van der Waals surface area contributed by atoms with Crippen LogP contribution >= 0.6 is 0 Å². The molecule has 1 aliphatic heterocycles. The molecule has 3 heteroatoms. The fraction of sp³-hybridized carbons (Fsp3) is 0.500. The summed E-state index contributed by atoms with van der Waals surface area (Å²) in [4.78, 5) is 2.34. The van der Waals surface area contributed by atoms with Crippen LogP contribution in [0.5, 0.6) is 5.75 Å². The molecule has 1 aliphatic rings. The molecule has 1 fully saturated rings. The molecule has 0 saturated carbocycles. The molecule has 1 unspecified atom stereocenters. The molecule has 1 saturated heterocycles. The summed E-state index contributed by atoms with van der Waals surface area (Å²) in [6.07, 6.45) is 2.98. The summed E-state index contributed by atoms with van der Waals surface area (Å²) in [6, 6.07) is 10.4. The molecule has 1 heterocycles. The summed E-state index contributed by atoms with van der Waals surface area (Å²) in [6.45, 7) is 2.02. The standard InChI is InChI=1S/C14H18N2O/c1-17-14-7-3-2-6-13(14)16-10-4-5-12(11-16)8-9-15/h2-3,6-7,12H,4-5,8,10-11H2,1H3. The Labute approximate surface area is 103 Å². The molecule has 2 rings (SSSR count). The molecule has 0 N–H and O–H groups in total. The van der Waals surface area contributed by atoms with Crippen molar-refractivity contribution in [2.24, 2.45) is 5.92 Å². The second-order valence-corrected chi connectivity index (χ2v) is 4.49. The lowest BCUT2D eigenvalue weighted by Crippen LogP contribution is -2.35. The number of methoxy groups -OCH3 is 1. The quantitative estimate of drug-likeness (QED) is 0.801. The van der Waals surface area contributed by atoms with E-state index in [4.69, 9.17) is 10.00 Å². The van der Waals surface area contributed by atoms with Crippen molar-refractivity contribution >= 4 is 5.69 Å².